The molecular formula is C23H25N3O5S. The predicted octanol–water partition coefficient (Wildman–Crippen LogP) is 2.17. The fraction of sp³-hybridized carbons (Fsp3) is 0.391. The Morgan fingerprint density at radius 2 is 1.81 bits per heavy atom. The monoisotopic (exact) mass is 455 g/mol. The third-order valence-corrected chi connectivity index (χ3v) is 8.33. The van der Waals surface area contributed by atoms with Crippen molar-refractivity contribution in [1.82, 2.24) is 4.31 Å². The Kier molecular flexibility index (Phi) is 5.17. The highest BCUT2D eigenvalue weighted by Gasteiger charge is 2.43. The Morgan fingerprint density at radius 3 is 2.62 bits per heavy atom. The summed E-state index contributed by atoms with van der Waals surface area (Å²) in [5.41, 5.74) is 2.41. The quantitative estimate of drug-likeness (QED) is 0.708. The minimum absolute atomic E-state index is 0.0644. The lowest BCUT2D eigenvalue weighted by Crippen LogP contribution is -2.47. The van der Waals surface area contributed by atoms with Crippen molar-refractivity contribution in [1.29, 1.82) is 0 Å². The lowest BCUT2D eigenvalue weighted by atomic mass is 10.1. The van der Waals surface area contributed by atoms with Gasteiger partial charge in [0.25, 0.3) is 0 Å². The smallest absolute Gasteiger partial charge is 0.245 e. The zero-order valence-electron chi connectivity index (χ0n) is 17.9. The van der Waals surface area contributed by atoms with Crippen LogP contribution in [-0.4, -0.2) is 56.8 Å². The first kappa shape index (κ1) is 21.0. The predicted molar refractivity (Wildman–Crippen MR) is 119 cm³/mol. The Balaban J connectivity index is 1.46. The molecule has 32 heavy (non-hydrogen) atoms. The lowest BCUT2D eigenvalue weighted by molar-refractivity contribution is -0.121. The van der Waals surface area contributed by atoms with Crippen molar-refractivity contribution in [2.75, 3.05) is 36.0 Å². The molecule has 0 unspecified atom stereocenters. The van der Waals surface area contributed by atoms with Gasteiger partial charge in [-0.05, 0) is 49.1 Å². The van der Waals surface area contributed by atoms with E-state index in [2.05, 4.69) is 0 Å². The van der Waals surface area contributed by atoms with Crippen molar-refractivity contribution in [3.8, 4) is 5.75 Å². The average Bonchev–Trinajstić information content (AvgIpc) is 3.45. The molecule has 3 aliphatic heterocycles. The minimum Gasteiger partial charge on any atom is -0.490 e. The summed E-state index contributed by atoms with van der Waals surface area (Å²) in [6, 6.07) is 11.6. The fourth-order valence-corrected chi connectivity index (χ4v) is 6.51. The van der Waals surface area contributed by atoms with Gasteiger partial charge in [0.2, 0.25) is 21.8 Å². The zero-order chi connectivity index (χ0) is 22.5. The van der Waals surface area contributed by atoms with E-state index < -0.39 is 16.1 Å². The topological polar surface area (TPSA) is 87.2 Å². The molecule has 0 aromatic heterocycles. The maximum atomic E-state index is 13.6. The van der Waals surface area contributed by atoms with Gasteiger partial charge in [-0.2, -0.15) is 4.31 Å². The fourth-order valence-electron chi connectivity index (χ4n) is 4.84. The van der Waals surface area contributed by atoms with Gasteiger partial charge >= 0.3 is 0 Å². The van der Waals surface area contributed by atoms with Crippen LogP contribution in [0.3, 0.4) is 0 Å². The summed E-state index contributed by atoms with van der Waals surface area (Å²) in [5, 5.41) is 0. The molecule has 0 radical (unpaired) electrons. The molecule has 8 nitrogen and oxygen atoms in total. The van der Waals surface area contributed by atoms with Crippen molar-refractivity contribution in [2.24, 2.45) is 0 Å². The van der Waals surface area contributed by atoms with Crippen LogP contribution in [0.25, 0.3) is 0 Å². The van der Waals surface area contributed by atoms with E-state index in [0.717, 1.165) is 17.7 Å². The number of sulfonamides is 1. The SMILES string of the molecule is CC(=O)N1CCOc2ccc(S(=O)(=O)N3CCC[C@@H]3C(=O)N3CCc4ccccc43)cc21. The van der Waals surface area contributed by atoms with Crippen LogP contribution in [0.15, 0.2) is 47.4 Å². The summed E-state index contributed by atoms with van der Waals surface area (Å²) in [5.74, 6) is 0.127. The van der Waals surface area contributed by atoms with Crippen LogP contribution < -0.4 is 14.5 Å². The van der Waals surface area contributed by atoms with E-state index in [1.807, 2.05) is 24.3 Å². The Hall–Kier alpha value is -2.91. The molecule has 9 heteroatoms. The number of nitrogens with zero attached hydrogens (tertiary/aromatic N) is 3. The third kappa shape index (κ3) is 3.36. The molecular weight excluding hydrogens is 430 g/mol. The lowest BCUT2D eigenvalue weighted by Gasteiger charge is -2.30. The maximum Gasteiger partial charge on any atom is 0.245 e. The number of benzene rings is 2. The molecule has 2 aromatic rings. The van der Waals surface area contributed by atoms with Gasteiger partial charge in [0.15, 0.2) is 0 Å². The van der Waals surface area contributed by atoms with Crippen molar-refractivity contribution in [3.05, 3.63) is 48.0 Å². The first-order valence-corrected chi connectivity index (χ1v) is 12.3. The maximum absolute atomic E-state index is 13.6. The number of anilines is 2. The summed E-state index contributed by atoms with van der Waals surface area (Å²) in [7, 11) is -3.93. The van der Waals surface area contributed by atoms with Gasteiger partial charge in [0, 0.05) is 25.7 Å². The third-order valence-electron chi connectivity index (χ3n) is 6.42. The molecule has 1 fully saturated rings. The van der Waals surface area contributed by atoms with Crippen LogP contribution in [0.4, 0.5) is 11.4 Å². The first-order chi connectivity index (χ1) is 15.4. The van der Waals surface area contributed by atoms with Gasteiger partial charge in [-0.1, -0.05) is 18.2 Å². The first-order valence-electron chi connectivity index (χ1n) is 10.8. The normalized spacial score (nSPS) is 20.6. The number of hydrogen-bond acceptors (Lipinski definition) is 5. The molecule has 2 amide bonds. The summed E-state index contributed by atoms with van der Waals surface area (Å²) < 4.78 is 34.1. The Morgan fingerprint density at radius 1 is 1.00 bits per heavy atom. The van der Waals surface area contributed by atoms with Crippen LogP contribution >= 0.6 is 0 Å². The van der Waals surface area contributed by atoms with Crippen molar-refractivity contribution in [3.63, 3.8) is 0 Å². The highest BCUT2D eigenvalue weighted by Crippen LogP contribution is 2.37. The van der Waals surface area contributed by atoms with Gasteiger partial charge in [-0.3, -0.25) is 9.59 Å². The van der Waals surface area contributed by atoms with Crippen molar-refractivity contribution < 1.29 is 22.7 Å². The van der Waals surface area contributed by atoms with Crippen LogP contribution in [0.5, 0.6) is 5.75 Å². The Labute approximate surface area is 187 Å². The van der Waals surface area contributed by atoms with E-state index in [-0.39, 0.29) is 23.3 Å². The van der Waals surface area contributed by atoms with E-state index in [9.17, 15) is 18.0 Å². The molecule has 2 aromatic carbocycles. The van der Waals surface area contributed by atoms with E-state index in [1.54, 1.807) is 11.0 Å². The van der Waals surface area contributed by atoms with E-state index in [0.29, 0.717) is 44.0 Å². The van der Waals surface area contributed by atoms with Gasteiger partial charge < -0.3 is 14.5 Å². The van der Waals surface area contributed by atoms with E-state index in [1.165, 1.54) is 28.3 Å². The molecule has 3 heterocycles. The van der Waals surface area contributed by atoms with Gasteiger partial charge in [0.05, 0.1) is 17.1 Å². The standard InChI is InChI=1S/C23H25N3O5S/c1-16(27)24-13-14-31-22-9-8-18(15-21(22)24)32(29,30)26-11-4-7-20(26)23(28)25-12-10-17-5-2-3-6-19(17)25/h2-3,5-6,8-9,15,20H,4,7,10-14H2,1H3/t20-/m1/s1. The molecule has 0 spiro atoms. The van der Waals surface area contributed by atoms with Gasteiger partial charge in [-0.15, -0.1) is 0 Å². The van der Waals surface area contributed by atoms with Gasteiger partial charge in [0.1, 0.15) is 18.4 Å². The number of amides is 2. The molecule has 5 rings (SSSR count). The minimum atomic E-state index is -3.93. The van der Waals surface area contributed by atoms with E-state index >= 15 is 0 Å². The molecule has 168 valence electrons. The largest absolute Gasteiger partial charge is 0.490 e. The summed E-state index contributed by atoms with van der Waals surface area (Å²) in [6.07, 6.45) is 1.89. The number of carbonyl (C=O) groups excluding carboxylic acids is 2. The van der Waals surface area contributed by atoms with Crippen LogP contribution in [0.2, 0.25) is 0 Å². The van der Waals surface area contributed by atoms with Crippen LogP contribution in [0.1, 0.15) is 25.3 Å². The van der Waals surface area contributed by atoms with Crippen LogP contribution in [0, 0.1) is 0 Å². The number of carbonyl (C=O) groups is 2. The zero-order valence-corrected chi connectivity index (χ0v) is 18.7. The molecule has 0 saturated carbocycles. The molecule has 3 aliphatic rings. The molecule has 0 aliphatic carbocycles. The molecule has 1 saturated heterocycles. The number of hydrogen-bond donors (Lipinski definition) is 0. The second kappa shape index (κ2) is 7.90. The number of fused-ring (bicyclic) bond motifs is 2. The number of rotatable bonds is 3. The number of ether oxygens (including phenoxy) is 1. The number of para-hydroxylation sites is 1. The van der Waals surface area contributed by atoms with Crippen molar-refractivity contribution in [2.45, 2.75) is 37.1 Å². The summed E-state index contributed by atoms with van der Waals surface area (Å²) in [4.78, 5) is 28.7. The highest BCUT2D eigenvalue weighted by atomic mass is 32.2. The van der Waals surface area contributed by atoms with Crippen LogP contribution in [-0.2, 0) is 26.0 Å². The molecule has 0 bridgehead atoms. The van der Waals surface area contributed by atoms with Gasteiger partial charge in [-0.25, -0.2) is 8.42 Å². The second-order valence-electron chi connectivity index (χ2n) is 8.29. The van der Waals surface area contributed by atoms with Crippen molar-refractivity contribution >= 4 is 33.2 Å². The second-order valence-corrected chi connectivity index (χ2v) is 10.2. The summed E-state index contributed by atoms with van der Waals surface area (Å²) >= 11 is 0. The summed E-state index contributed by atoms with van der Waals surface area (Å²) in [6.45, 7) is 3.02. The molecule has 0 N–H and O–H groups in total. The average molecular weight is 456 g/mol. The Bertz CT molecular complexity index is 1200. The van der Waals surface area contributed by atoms with E-state index in [4.69, 9.17) is 4.74 Å². The molecule has 1 atom stereocenters. The highest BCUT2D eigenvalue weighted by molar-refractivity contribution is 7.89.